The Bertz CT molecular complexity index is 687. The Balaban J connectivity index is 1.79. The molecular formula is C13H16ClN3O2S2. The maximum absolute atomic E-state index is 12.0. The topological polar surface area (TPSA) is 64.0 Å². The van der Waals surface area contributed by atoms with E-state index in [2.05, 4.69) is 9.71 Å². The molecule has 0 aliphatic heterocycles. The van der Waals surface area contributed by atoms with Gasteiger partial charge in [-0.2, -0.15) is 0 Å². The molecule has 5 nitrogen and oxygen atoms in total. The fourth-order valence-electron chi connectivity index (χ4n) is 1.67. The maximum atomic E-state index is 12.0. The highest BCUT2D eigenvalue weighted by Gasteiger charge is 2.20. The van der Waals surface area contributed by atoms with Crippen molar-refractivity contribution in [1.82, 2.24) is 14.3 Å². The summed E-state index contributed by atoms with van der Waals surface area (Å²) in [7, 11) is -2.04. The second kappa shape index (κ2) is 7.31. The lowest BCUT2D eigenvalue weighted by atomic mass is 10.4. The first-order valence-corrected chi connectivity index (χ1v) is 9.20. The molecule has 21 heavy (non-hydrogen) atoms. The molecule has 0 aliphatic rings. The second-order valence-corrected chi connectivity index (χ2v) is 7.55. The minimum atomic E-state index is -3.61. The van der Waals surface area contributed by atoms with Crippen LogP contribution in [0.4, 0.5) is 0 Å². The quantitative estimate of drug-likeness (QED) is 0.618. The van der Waals surface area contributed by atoms with Gasteiger partial charge in [-0.3, -0.25) is 0 Å². The minimum absolute atomic E-state index is 0.0665. The molecule has 1 aromatic heterocycles. The van der Waals surface area contributed by atoms with Crippen LogP contribution < -0.4 is 4.72 Å². The van der Waals surface area contributed by atoms with Crippen LogP contribution in [0.25, 0.3) is 0 Å². The Morgan fingerprint density at radius 3 is 2.67 bits per heavy atom. The van der Waals surface area contributed by atoms with Gasteiger partial charge in [-0.05, 0) is 24.3 Å². The lowest BCUT2D eigenvalue weighted by molar-refractivity contribution is 0.564. The number of rotatable bonds is 7. The molecule has 0 saturated heterocycles. The van der Waals surface area contributed by atoms with Crippen molar-refractivity contribution in [2.24, 2.45) is 7.05 Å². The van der Waals surface area contributed by atoms with Crippen LogP contribution in [0.15, 0.2) is 46.6 Å². The van der Waals surface area contributed by atoms with Crippen molar-refractivity contribution >= 4 is 33.4 Å². The first kappa shape index (κ1) is 16.4. The molecule has 114 valence electrons. The van der Waals surface area contributed by atoms with Crippen molar-refractivity contribution in [1.29, 1.82) is 0 Å². The van der Waals surface area contributed by atoms with E-state index in [9.17, 15) is 8.42 Å². The summed E-state index contributed by atoms with van der Waals surface area (Å²) < 4.78 is 27.9. The molecule has 0 spiro atoms. The molecule has 0 unspecified atom stereocenters. The van der Waals surface area contributed by atoms with Gasteiger partial charge in [-0.25, -0.2) is 18.1 Å². The lowest BCUT2D eigenvalue weighted by Crippen LogP contribution is -2.27. The maximum Gasteiger partial charge on any atom is 0.274 e. The fraction of sp³-hybridized carbons (Fsp3) is 0.308. The largest absolute Gasteiger partial charge is 0.308 e. The molecule has 0 fully saturated rings. The molecule has 0 saturated carbocycles. The third kappa shape index (κ3) is 4.47. The lowest BCUT2D eigenvalue weighted by Gasteiger charge is -2.06. The van der Waals surface area contributed by atoms with Crippen LogP contribution in [0.2, 0.25) is 5.15 Å². The highest BCUT2D eigenvalue weighted by Crippen LogP contribution is 2.17. The number of halogens is 1. The molecule has 0 radical (unpaired) electrons. The number of thioether (sulfide) groups is 1. The summed E-state index contributed by atoms with van der Waals surface area (Å²) in [6.07, 6.45) is 2.05. The SMILES string of the molecule is Cn1c(Cl)cnc1S(=O)(=O)NCCCSc1ccccc1. The first-order chi connectivity index (χ1) is 10.0. The summed E-state index contributed by atoms with van der Waals surface area (Å²) in [6, 6.07) is 10.00. The number of benzene rings is 1. The van der Waals surface area contributed by atoms with Gasteiger partial charge in [0.2, 0.25) is 5.16 Å². The van der Waals surface area contributed by atoms with Gasteiger partial charge in [0.25, 0.3) is 10.0 Å². The normalized spacial score (nSPS) is 11.7. The number of hydrogen-bond acceptors (Lipinski definition) is 4. The van der Waals surface area contributed by atoms with Crippen LogP contribution in [0.5, 0.6) is 0 Å². The Labute approximate surface area is 133 Å². The zero-order chi connectivity index (χ0) is 15.3. The van der Waals surface area contributed by atoms with Crippen LogP contribution >= 0.6 is 23.4 Å². The Morgan fingerprint density at radius 1 is 1.33 bits per heavy atom. The van der Waals surface area contributed by atoms with Crippen LogP contribution in [-0.4, -0.2) is 30.3 Å². The van der Waals surface area contributed by atoms with Crippen LogP contribution in [0.3, 0.4) is 0 Å². The molecule has 1 N–H and O–H groups in total. The van der Waals surface area contributed by atoms with Crippen LogP contribution in [-0.2, 0) is 17.1 Å². The fourth-order valence-corrected chi connectivity index (χ4v) is 3.92. The standard InChI is InChI=1S/C13H16ClN3O2S2/c1-17-12(14)10-15-13(17)21(18,19)16-8-5-9-20-11-6-3-2-4-7-11/h2-4,6-7,10,16H,5,8-9H2,1H3. The van der Waals surface area contributed by atoms with Crippen molar-refractivity contribution < 1.29 is 8.42 Å². The van der Waals surface area contributed by atoms with Crippen molar-refractivity contribution in [3.63, 3.8) is 0 Å². The van der Waals surface area contributed by atoms with Gasteiger partial charge in [0.05, 0.1) is 6.20 Å². The van der Waals surface area contributed by atoms with E-state index < -0.39 is 10.0 Å². The van der Waals surface area contributed by atoms with Gasteiger partial charge < -0.3 is 4.57 Å². The number of sulfonamides is 1. The van der Waals surface area contributed by atoms with Crippen molar-refractivity contribution in [3.8, 4) is 0 Å². The number of hydrogen-bond donors (Lipinski definition) is 1. The Kier molecular flexibility index (Phi) is 5.69. The highest BCUT2D eigenvalue weighted by atomic mass is 35.5. The third-order valence-corrected chi connectivity index (χ3v) is 5.65. The molecule has 2 aromatic rings. The van der Waals surface area contributed by atoms with Crippen LogP contribution in [0, 0.1) is 0 Å². The molecular weight excluding hydrogens is 330 g/mol. The molecule has 1 heterocycles. The minimum Gasteiger partial charge on any atom is -0.308 e. The third-order valence-electron chi connectivity index (χ3n) is 2.75. The van der Waals surface area contributed by atoms with Crippen molar-refractivity contribution in [3.05, 3.63) is 41.7 Å². The van der Waals surface area contributed by atoms with E-state index in [0.29, 0.717) is 6.54 Å². The van der Waals surface area contributed by atoms with E-state index in [0.717, 1.165) is 12.2 Å². The molecule has 1 aromatic carbocycles. The predicted octanol–water partition coefficient (Wildman–Crippen LogP) is 2.53. The van der Waals surface area contributed by atoms with Gasteiger partial charge in [0.1, 0.15) is 5.15 Å². The van der Waals surface area contributed by atoms with E-state index in [-0.39, 0.29) is 10.3 Å². The first-order valence-electron chi connectivity index (χ1n) is 6.35. The second-order valence-electron chi connectivity index (χ2n) is 4.34. The Morgan fingerprint density at radius 2 is 2.05 bits per heavy atom. The summed E-state index contributed by atoms with van der Waals surface area (Å²) in [5, 5.41) is 0.221. The number of nitrogens with one attached hydrogen (secondary N) is 1. The van der Waals surface area contributed by atoms with Crippen molar-refractivity contribution in [2.45, 2.75) is 16.5 Å². The van der Waals surface area contributed by atoms with Gasteiger partial charge in [0.15, 0.2) is 0 Å². The number of nitrogens with zero attached hydrogens (tertiary/aromatic N) is 2. The van der Waals surface area contributed by atoms with E-state index in [4.69, 9.17) is 11.6 Å². The number of aromatic nitrogens is 2. The van der Waals surface area contributed by atoms with Crippen LogP contribution in [0.1, 0.15) is 6.42 Å². The van der Waals surface area contributed by atoms with Gasteiger partial charge >= 0.3 is 0 Å². The predicted molar refractivity (Wildman–Crippen MR) is 85.2 cm³/mol. The van der Waals surface area contributed by atoms with E-state index in [1.807, 2.05) is 30.3 Å². The molecule has 2 rings (SSSR count). The average molecular weight is 346 g/mol. The van der Waals surface area contributed by atoms with Gasteiger partial charge in [-0.15, -0.1) is 11.8 Å². The van der Waals surface area contributed by atoms with Gasteiger partial charge in [-0.1, -0.05) is 29.8 Å². The number of imidazole rings is 1. The molecule has 0 amide bonds. The Hall–Kier alpha value is -1.02. The summed E-state index contributed by atoms with van der Waals surface area (Å²) in [4.78, 5) is 4.99. The van der Waals surface area contributed by atoms with E-state index in [1.165, 1.54) is 15.7 Å². The summed E-state index contributed by atoms with van der Waals surface area (Å²) in [6.45, 7) is 0.368. The van der Waals surface area contributed by atoms with E-state index in [1.54, 1.807) is 18.8 Å². The average Bonchev–Trinajstić information content (AvgIpc) is 2.80. The summed E-state index contributed by atoms with van der Waals surface area (Å²) in [5.74, 6) is 0.841. The smallest absolute Gasteiger partial charge is 0.274 e. The monoisotopic (exact) mass is 345 g/mol. The summed E-state index contributed by atoms with van der Waals surface area (Å²) in [5.41, 5.74) is 0. The molecule has 0 atom stereocenters. The van der Waals surface area contributed by atoms with Gasteiger partial charge in [0, 0.05) is 18.5 Å². The van der Waals surface area contributed by atoms with E-state index >= 15 is 0 Å². The summed E-state index contributed by atoms with van der Waals surface area (Å²) >= 11 is 7.49. The molecule has 0 bridgehead atoms. The highest BCUT2D eigenvalue weighted by molar-refractivity contribution is 7.99. The van der Waals surface area contributed by atoms with Crippen molar-refractivity contribution in [2.75, 3.05) is 12.3 Å². The molecule has 8 heteroatoms. The zero-order valence-electron chi connectivity index (χ0n) is 11.5. The molecule has 0 aliphatic carbocycles. The zero-order valence-corrected chi connectivity index (χ0v) is 13.9.